The highest BCUT2D eigenvalue weighted by atomic mass is 19.1. The van der Waals surface area contributed by atoms with Crippen LogP contribution >= 0.6 is 0 Å². The Kier molecular flexibility index (Phi) is 3.76. The molecule has 100 valence electrons. The number of nitrogens with zero attached hydrogens (tertiary/aromatic N) is 2. The van der Waals surface area contributed by atoms with Gasteiger partial charge in [0.05, 0.1) is 11.9 Å². The van der Waals surface area contributed by atoms with E-state index in [0.29, 0.717) is 24.4 Å². The fraction of sp³-hybridized carbons (Fsp3) is 0.286. The van der Waals surface area contributed by atoms with E-state index in [0.717, 1.165) is 11.8 Å². The largest absolute Gasteiger partial charge is 0.383 e. The van der Waals surface area contributed by atoms with Crippen molar-refractivity contribution in [3.05, 3.63) is 53.7 Å². The zero-order valence-electron chi connectivity index (χ0n) is 10.7. The summed E-state index contributed by atoms with van der Waals surface area (Å²) in [5.74, 6) is -0.0421. The van der Waals surface area contributed by atoms with Crippen molar-refractivity contribution in [1.82, 2.24) is 9.97 Å². The van der Waals surface area contributed by atoms with E-state index in [9.17, 15) is 9.50 Å². The first-order valence-electron chi connectivity index (χ1n) is 6.09. The van der Waals surface area contributed by atoms with Gasteiger partial charge in [-0.15, -0.1) is 0 Å². The van der Waals surface area contributed by atoms with Crippen molar-refractivity contribution in [2.45, 2.75) is 25.4 Å². The predicted octanol–water partition coefficient (Wildman–Crippen LogP) is 2.04. The van der Waals surface area contributed by atoms with Crippen LogP contribution in [0.4, 0.5) is 10.2 Å². The second-order valence-corrected chi connectivity index (χ2v) is 4.47. The van der Waals surface area contributed by atoms with Crippen molar-refractivity contribution >= 4 is 5.82 Å². The first-order valence-corrected chi connectivity index (χ1v) is 6.09. The number of pyridine rings is 2. The molecule has 2 heterocycles. The molecule has 0 amide bonds. The third-order valence-electron chi connectivity index (χ3n) is 3.20. The van der Waals surface area contributed by atoms with Gasteiger partial charge in [-0.2, -0.15) is 0 Å². The number of nitrogen functional groups attached to an aromatic ring is 1. The molecule has 0 aliphatic rings. The summed E-state index contributed by atoms with van der Waals surface area (Å²) in [5.41, 5.74) is 5.78. The minimum Gasteiger partial charge on any atom is -0.383 e. The lowest BCUT2D eigenvalue weighted by Crippen LogP contribution is -2.29. The molecule has 1 unspecified atom stereocenters. The Labute approximate surface area is 111 Å². The standard InChI is InChI=1S/C14H16FN3O/c1-2-14(19,12-6-5-11(15)9-18-12)8-10-4-3-7-17-13(10)16/h3-7,9,19H,2,8H2,1H3,(H2,16,17). The van der Waals surface area contributed by atoms with Crippen LogP contribution in [0, 0.1) is 5.82 Å². The summed E-state index contributed by atoms with van der Waals surface area (Å²) in [7, 11) is 0. The van der Waals surface area contributed by atoms with Crippen LogP contribution in [0.2, 0.25) is 0 Å². The third kappa shape index (κ3) is 2.88. The van der Waals surface area contributed by atoms with Gasteiger partial charge in [-0.05, 0) is 30.2 Å². The van der Waals surface area contributed by atoms with Gasteiger partial charge in [0.1, 0.15) is 17.2 Å². The highest BCUT2D eigenvalue weighted by Gasteiger charge is 2.30. The van der Waals surface area contributed by atoms with Crippen LogP contribution in [0.25, 0.3) is 0 Å². The lowest BCUT2D eigenvalue weighted by atomic mass is 9.88. The van der Waals surface area contributed by atoms with Gasteiger partial charge in [0, 0.05) is 12.6 Å². The maximum atomic E-state index is 12.9. The molecule has 0 radical (unpaired) electrons. The highest BCUT2D eigenvalue weighted by molar-refractivity contribution is 5.40. The molecule has 0 aromatic carbocycles. The molecule has 4 nitrogen and oxygen atoms in total. The van der Waals surface area contributed by atoms with E-state index >= 15 is 0 Å². The Morgan fingerprint density at radius 1 is 1.32 bits per heavy atom. The Morgan fingerprint density at radius 2 is 2.11 bits per heavy atom. The fourth-order valence-corrected chi connectivity index (χ4v) is 1.96. The molecule has 0 bridgehead atoms. The highest BCUT2D eigenvalue weighted by Crippen LogP contribution is 2.29. The summed E-state index contributed by atoms with van der Waals surface area (Å²) < 4.78 is 12.9. The summed E-state index contributed by atoms with van der Waals surface area (Å²) in [6.07, 6.45) is 3.43. The topological polar surface area (TPSA) is 72.0 Å². The summed E-state index contributed by atoms with van der Waals surface area (Å²) in [6, 6.07) is 6.35. The third-order valence-corrected chi connectivity index (χ3v) is 3.20. The van der Waals surface area contributed by atoms with Gasteiger partial charge in [-0.3, -0.25) is 4.98 Å². The number of hydrogen-bond donors (Lipinski definition) is 2. The summed E-state index contributed by atoms with van der Waals surface area (Å²) in [6.45, 7) is 1.84. The average molecular weight is 261 g/mol. The molecule has 0 saturated carbocycles. The van der Waals surface area contributed by atoms with Crippen LogP contribution < -0.4 is 5.73 Å². The monoisotopic (exact) mass is 261 g/mol. The van der Waals surface area contributed by atoms with Crippen LogP contribution in [-0.2, 0) is 12.0 Å². The molecule has 1 atom stereocenters. The maximum absolute atomic E-state index is 12.9. The maximum Gasteiger partial charge on any atom is 0.141 e. The SMILES string of the molecule is CCC(O)(Cc1cccnc1N)c1ccc(F)cn1. The Bertz CT molecular complexity index is 559. The van der Waals surface area contributed by atoms with E-state index in [1.807, 2.05) is 13.0 Å². The minimum absolute atomic E-state index is 0.293. The van der Waals surface area contributed by atoms with Gasteiger partial charge in [-0.25, -0.2) is 9.37 Å². The number of anilines is 1. The first kappa shape index (κ1) is 13.4. The molecule has 0 fully saturated rings. The van der Waals surface area contributed by atoms with Gasteiger partial charge in [0.25, 0.3) is 0 Å². The summed E-state index contributed by atoms with van der Waals surface area (Å²) in [5, 5.41) is 10.7. The second kappa shape index (κ2) is 5.32. The molecular weight excluding hydrogens is 245 g/mol. The Morgan fingerprint density at radius 3 is 2.68 bits per heavy atom. The van der Waals surface area contributed by atoms with Crippen LogP contribution in [0.15, 0.2) is 36.7 Å². The predicted molar refractivity (Wildman–Crippen MR) is 70.7 cm³/mol. The second-order valence-electron chi connectivity index (χ2n) is 4.47. The van der Waals surface area contributed by atoms with Crippen LogP contribution in [0.5, 0.6) is 0 Å². The number of hydrogen-bond acceptors (Lipinski definition) is 4. The molecule has 19 heavy (non-hydrogen) atoms. The molecule has 0 aliphatic heterocycles. The lowest BCUT2D eigenvalue weighted by Gasteiger charge is -2.26. The summed E-state index contributed by atoms with van der Waals surface area (Å²) >= 11 is 0. The van der Waals surface area contributed by atoms with E-state index < -0.39 is 11.4 Å². The number of aliphatic hydroxyl groups is 1. The number of nitrogens with two attached hydrogens (primary N) is 1. The van der Waals surface area contributed by atoms with Gasteiger partial charge >= 0.3 is 0 Å². The smallest absolute Gasteiger partial charge is 0.141 e. The van der Waals surface area contributed by atoms with Gasteiger partial charge in [0.2, 0.25) is 0 Å². The van der Waals surface area contributed by atoms with Gasteiger partial charge < -0.3 is 10.8 Å². The molecule has 0 saturated heterocycles. The Balaban J connectivity index is 2.33. The van der Waals surface area contributed by atoms with Crippen molar-refractivity contribution in [1.29, 1.82) is 0 Å². The molecular formula is C14H16FN3O. The number of rotatable bonds is 4. The minimum atomic E-state index is -1.18. The van der Waals surface area contributed by atoms with E-state index in [-0.39, 0.29) is 0 Å². The van der Waals surface area contributed by atoms with Crippen molar-refractivity contribution < 1.29 is 9.50 Å². The van der Waals surface area contributed by atoms with E-state index in [4.69, 9.17) is 5.73 Å². The molecule has 2 aromatic rings. The van der Waals surface area contributed by atoms with Gasteiger partial charge in [-0.1, -0.05) is 13.0 Å². The lowest BCUT2D eigenvalue weighted by molar-refractivity contribution is 0.0283. The number of halogens is 1. The van der Waals surface area contributed by atoms with Gasteiger partial charge in [0.15, 0.2) is 0 Å². The molecule has 2 rings (SSSR count). The van der Waals surface area contributed by atoms with Crippen molar-refractivity contribution in [2.75, 3.05) is 5.73 Å². The molecule has 0 aliphatic carbocycles. The number of aromatic nitrogens is 2. The first-order chi connectivity index (χ1) is 9.05. The van der Waals surface area contributed by atoms with Crippen molar-refractivity contribution in [3.8, 4) is 0 Å². The average Bonchev–Trinajstić information content (AvgIpc) is 2.42. The molecule has 5 heteroatoms. The normalized spacial score (nSPS) is 14.1. The van der Waals surface area contributed by atoms with E-state index in [2.05, 4.69) is 9.97 Å². The van der Waals surface area contributed by atoms with Crippen molar-refractivity contribution in [2.24, 2.45) is 0 Å². The van der Waals surface area contributed by atoms with Crippen LogP contribution in [0.3, 0.4) is 0 Å². The zero-order chi connectivity index (χ0) is 13.9. The molecule has 0 spiro atoms. The van der Waals surface area contributed by atoms with Crippen LogP contribution in [-0.4, -0.2) is 15.1 Å². The quantitative estimate of drug-likeness (QED) is 0.883. The van der Waals surface area contributed by atoms with Crippen LogP contribution in [0.1, 0.15) is 24.6 Å². The van der Waals surface area contributed by atoms with E-state index in [1.165, 1.54) is 12.1 Å². The molecule has 3 N–H and O–H groups in total. The fourth-order valence-electron chi connectivity index (χ4n) is 1.96. The van der Waals surface area contributed by atoms with E-state index in [1.54, 1.807) is 12.3 Å². The molecule has 2 aromatic heterocycles. The Hall–Kier alpha value is -2.01. The van der Waals surface area contributed by atoms with Crippen molar-refractivity contribution in [3.63, 3.8) is 0 Å². The summed E-state index contributed by atoms with van der Waals surface area (Å²) in [4.78, 5) is 7.95. The zero-order valence-corrected chi connectivity index (χ0v) is 10.7.